The highest BCUT2D eigenvalue weighted by molar-refractivity contribution is 7.96. The maximum atomic E-state index is 10.7. The third-order valence-electron chi connectivity index (χ3n) is 2.35. The molecule has 1 amide bonds. The van der Waals surface area contributed by atoms with Crippen LogP contribution < -0.4 is 5.32 Å². The highest BCUT2D eigenvalue weighted by Gasteiger charge is 2.10. The minimum Gasteiger partial charge on any atom is -0.317 e. The van der Waals surface area contributed by atoms with Crippen LogP contribution in [0.5, 0.6) is 0 Å². The first kappa shape index (κ1) is 8.63. The van der Waals surface area contributed by atoms with Gasteiger partial charge in [0.1, 0.15) is 0 Å². The van der Waals surface area contributed by atoms with Crippen LogP contribution in [0.25, 0.3) is 0 Å². The van der Waals surface area contributed by atoms with Crippen molar-refractivity contribution in [2.75, 3.05) is 5.32 Å². The molecule has 1 aromatic carbocycles. The summed E-state index contributed by atoms with van der Waals surface area (Å²) in [4.78, 5) is 10.7. The fraction of sp³-hybridized carbons (Fsp3) is 0.300. The van der Waals surface area contributed by atoms with Crippen molar-refractivity contribution in [1.82, 2.24) is 0 Å². The van der Waals surface area contributed by atoms with E-state index in [2.05, 4.69) is 24.0 Å². The summed E-state index contributed by atoms with van der Waals surface area (Å²) in [5.41, 5.74) is 3.62. The Morgan fingerprint density at radius 2 is 2.08 bits per heavy atom. The first-order chi connectivity index (χ1) is 6.25. The van der Waals surface area contributed by atoms with Crippen molar-refractivity contribution in [2.45, 2.75) is 19.3 Å². The zero-order chi connectivity index (χ0) is 9.26. The summed E-state index contributed by atoms with van der Waals surface area (Å²) in [5, 5.41) is 2.35. The summed E-state index contributed by atoms with van der Waals surface area (Å²) in [6, 6.07) is 6.05. The lowest BCUT2D eigenvalue weighted by Crippen LogP contribution is -2.01. The number of anilines is 1. The van der Waals surface area contributed by atoms with Gasteiger partial charge in [0.25, 0.3) is 5.24 Å². The lowest BCUT2D eigenvalue weighted by molar-refractivity contribution is 0.270. The first-order valence-corrected chi connectivity index (χ1v) is 4.82. The Morgan fingerprint density at radius 1 is 1.31 bits per heavy atom. The second-order valence-electron chi connectivity index (χ2n) is 3.27. The molecule has 3 heteroatoms. The minimum absolute atomic E-state index is 0.307. The molecule has 13 heavy (non-hydrogen) atoms. The Bertz CT molecular complexity index is 349. The van der Waals surface area contributed by atoms with E-state index in [1.807, 2.05) is 12.1 Å². The van der Waals surface area contributed by atoms with E-state index >= 15 is 0 Å². The number of thiol groups is 1. The molecule has 2 rings (SSSR count). The van der Waals surface area contributed by atoms with E-state index in [4.69, 9.17) is 0 Å². The number of nitrogens with one attached hydrogen (secondary N) is 1. The van der Waals surface area contributed by atoms with Gasteiger partial charge in [-0.05, 0) is 42.5 Å². The normalized spacial score (nSPS) is 13.9. The Labute approximate surface area is 82.8 Å². The number of carbonyl (C=O) groups is 1. The van der Waals surface area contributed by atoms with Gasteiger partial charge in [-0.1, -0.05) is 18.7 Å². The second kappa shape index (κ2) is 3.42. The van der Waals surface area contributed by atoms with E-state index in [1.165, 1.54) is 24.0 Å². The average Bonchev–Trinajstić information content (AvgIpc) is 2.49. The van der Waals surface area contributed by atoms with Crippen LogP contribution in [0.1, 0.15) is 17.5 Å². The van der Waals surface area contributed by atoms with Gasteiger partial charge in [-0.25, -0.2) is 0 Å². The zero-order valence-corrected chi connectivity index (χ0v) is 8.10. The molecule has 0 spiro atoms. The van der Waals surface area contributed by atoms with Crippen molar-refractivity contribution in [3.8, 4) is 0 Å². The molecular formula is C10H11NOS. The molecule has 0 saturated carbocycles. The van der Waals surface area contributed by atoms with E-state index < -0.39 is 0 Å². The number of benzene rings is 1. The summed E-state index contributed by atoms with van der Waals surface area (Å²) < 4.78 is 0. The van der Waals surface area contributed by atoms with Gasteiger partial charge in [0.05, 0.1) is 0 Å². The van der Waals surface area contributed by atoms with Crippen LogP contribution in [0.2, 0.25) is 0 Å². The van der Waals surface area contributed by atoms with Crippen molar-refractivity contribution in [3.63, 3.8) is 0 Å². The molecule has 2 nitrogen and oxygen atoms in total. The SMILES string of the molecule is O=C(S)Nc1ccc2c(c1)CCC2. The number of fused-ring (bicyclic) bond motifs is 1. The Morgan fingerprint density at radius 3 is 2.85 bits per heavy atom. The summed E-state index contributed by atoms with van der Waals surface area (Å²) in [6.07, 6.45) is 3.53. The molecule has 1 aliphatic rings. The lowest BCUT2D eigenvalue weighted by atomic mass is 10.1. The zero-order valence-electron chi connectivity index (χ0n) is 7.21. The van der Waals surface area contributed by atoms with E-state index in [1.54, 1.807) is 0 Å². The summed E-state index contributed by atoms with van der Waals surface area (Å²) in [7, 11) is 0. The molecule has 1 aliphatic carbocycles. The summed E-state index contributed by atoms with van der Waals surface area (Å²) in [5.74, 6) is 0. The molecule has 0 radical (unpaired) electrons. The third kappa shape index (κ3) is 1.86. The van der Waals surface area contributed by atoms with E-state index in [0.717, 1.165) is 12.1 Å². The predicted octanol–water partition coefficient (Wildman–Crippen LogP) is 2.64. The van der Waals surface area contributed by atoms with E-state index in [-0.39, 0.29) is 5.24 Å². The number of hydrogen-bond acceptors (Lipinski definition) is 1. The molecule has 0 aromatic heterocycles. The first-order valence-electron chi connectivity index (χ1n) is 4.37. The van der Waals surface area contributed by atoms with Crippen LogP contribution in [0.4, 0.5) is 10.5 Å². The molecule has 0 aliphatic heterocycles. The van der Waals surface area contributed by atoms with Gasteiger partial charge in [0.15, 0.2) is 0 Å². The molecule has 68 valence electrons. The molecule has 0 atom stereocenters. The molecular weight excluding hydrogens is 182 g/mol. The van der Waals surface area contributed by atoms with Crippen molar-refractivity contribution in [1.29, 1.82) is 0 Å². The quantitative estimate of drug-likeness (QED) is 0.660. The third-order valence-corrected chi connectivity index (χ3v) is 2.46. The standard InChI is InChI=1S/C10H11NOS/c12-10(13)11-9-5-4-7-2-1-3-8(7)6-9/h4-6H,1-3H2,(H2,11,12,13). The number of amides is 1. The predicted molar refractivity (Wildman–Crippen MR) is 56.5 cm³/mol. The number of aryl methyl sites for hydroxylation is 2. The molecule has 0 heterocycles. The lowest BCUT2D eigenvalue weighted by Gasteiger charge is -2.04. The highest BCUT2D eigenvalue weighted by atomic mass is 32.1. The van der Waals surface area contributed by atoms with Gasteiger partial charge >= 0.3 is 0 Å². The number of hydrogen-bond donors (Lipinski definition) is 2. The topological polar surface area (TPSA) is 29.1 Å². The maximum Gasteiger partial charge on any atom is 0.280 e. The van der Waals surface area contributed by atoms with Crippen LogP contribution in [-0.4, -0.2) is 5.24 Å². The van der Waals surface area contributed by atoms with Gasteiger partial charge in [0, 0.05) is 5.69 Å². The van der Waals surface area contributed by atoms with Crippen LogP contribution in [0, 0.1) is 0 Å². The summed E-state index contributed by atoms with van der Waals surface area (Å²) >= 11 is 3.66. The average molecular weight is 193 g/mol. The van der Waals surface area contributed by atoms with Crippen molar-refractivity contribution >= 4 is 23.6 Å². The molecule has 0 saturated heterocycles. The van der Waals surface area contributed by atoms with Crippen LogP contribution in [0.15, 0.2) is 18.2 Å². The maximum absolute atomic E-state index is 10.7. The fourth-order valence-electron chi connectivity index (χ4n) is 1.77. The fourth-order valence-corrected chi connectivity index (χ4v) is 1.90. The van der Waals surface area contributed by atoms with E-state index in [0.29, 0.717) is 0 Å². The highest BCUT2D eigenvalue weighted by Crippen LogP contribution is 2.24. The Hall–Kier alpha value is -0.960. The smallest absolute Gasteiger partial charge is 0.280 e. The Balaban J connectivity index is 2.25. The van der Waals surface area contributed by atoms with Crippen molar-refractivity contribution in [2.24, 2.45) is 0 Å². The molecule has 0 unspecified atom stereocenters. The second-order valence-corrected chi connectivity index (χ2v) is 3.67. The Kier molecular flexibility index (Phi) is 2.27. The molecule has 1 N–H and O–H groups in total. The number of carbonyl (C=O) groups excluding carboxylic acids is 1. The molecule has 0 bridgehead atoms. The van der Waals surface area contributed by atoms with Gasteiger partial charge in [-0.15, -0.1) is 0 Å². The molecule has 1 aromatic rings. The van der Waals surface area contributed by atoms with Gasteiger partial charge in [-0.2, -0.15) is 0 Å². The van der Waals surface area contributed by atoms with Crippen molar-refractivity contribution in [3.05, 3.63) is 29.3 Å². The van der Waals surface area contributed by atoms with Gasteiger partial charge < -0.3 is 5.32 Å². The minimum atomic E-state index is -0.307. The number of rotatable bonds is 1. The van der Waals surface area contributed by atoms with Gasteiger partial charge in [0.2, 0.25) is 0 Å². The van der Waals surface area contributed by atoms with Crippen molar-refractivity contribution < 1.29 is 4.79 Å². The summed E-state index contributed by atoms with van der Waals surface area (Å²) in [6.45, 7) is 0. The molecule has 0 fully saturated rings. The van der Waals surface area contributed by atoms with E-state index in [9.17, 15) is 4.79 Å². The largest absolute Gasteiger partial charge is 0.317 e. The van der Waals surface area contributed by atoms with Crippen LogP contribution in [-0.2, 0) is 12.8 Å². The van der Waals surface area contributed by atoms with Crippen LogP contribution in [0.3, 0.4) is 0 Å². The monoisotopic (exact) mass is 193 g/mol. The van der Waals surface area contributed by atoms with Crippen LogP contribution >= 0.6 is 12.6 Å². The van der Waals surface area contributed by atoms with Gasteiger partial charge in [-0.3, -0.25) is 4.79 Å².